The molecule has 0 radical (unpaired) electrons. The van der Waals surface area contributed by atoms with Crippen molar-refractivity contribution < 1.29 is 4.79 Å². The standard InChI is InChI=1S/C15H16N4O/c1-9-7-13(16)18-15(17-9)11-3-5-12-10(8-11)4-6-14(20)19(12)2/h3,5,7-8H,4,6H2,1-2H3,(H2,16,17,18). The van der Waals surface area contributed by atoms with E-state index in [1.165, 1.54) is 0 Å². The van der Waals surface area contributed by atoms with Gasteiger partial charge in [0.25, 0.3) is 0 Å². The number of nitrogens with two attached hydrogens (primary N) is 1. The Bertz CT molecular complexity index is 676. The molecule has 3 rings (SSSR count). The molecule has 1 aliphatic heterocycles. The highest BCUT2D eigenvalue weighted by Crippen LogP contribution is 2.30. The molecule has 1 aliphatic rings. The summed E-state index contributed by atoms with van der Waals surface area (Å²) in [5, 5.41) is 0. The largest absolute Gasteiger partial charge is 0.384 e. The average molecular weight is 268 g/mol. The lowest BCUT2D eigenvalue weighted by atomic mass is 9.99. The third kappa shape index (κ3) is 2.11. The number of nitrogens with zero attached hydrogens (tertiary/aromatic N) is 3. The molecule has 0 aliphatic carbocycles. The maximum absolute atomic E-state index is 11.7. The maximum atomic E-state index is 11.7. The number of hydrogen-bond donors (Lipinski definition) is 1. The van der Waals surface area contributed by atoms with Crippen LogP contribution in [0.3, 0.4) is 0 Å². The number of hydrogen-bond acceptors (Lipinski definition) is 4. The molecule has 0 unspecified atom stereocenters. The third-order valence-corrected chi connectivity index (χ3v) is 3.56. The smallest absolute Gasteiger partial charge is 0.227 e. The summed E-state index contributed by atoms with van der Waals surface area (Å²) in [6.45, 7) is 1.90. The van der Waals surface area contributed by atoms with Crippen molar-refractivity contribution in [3.63, 3.8) is 0 Å². The fraction of sp³-hybridized carbons (Fsp3) is 0.267. The number of benzene rings is 1. The van der Waals surface area contributed by atoms with Gasteiger partial charge in [-0.25, -0.2) is 9.97 Å². The summed E-state index contributed by atoms with van der Waals surface area (Å²) in [7, 11) is 1.81. The predicted molar refractivity (Wildman–Crippen MR) is 78.3 cm³/mol. The Hall–Kier alpha value is -2.43. The molecule has 5 nitrogen and oxygen atoms in total. The lowest BCUT2D eigenvalue weighted by Gasteiger charge is -2.26. The predicted octanol–water partition coefficient (Wildman–Crippen LogP) is 1.94. The molecule has 102 valence electrons. The van der Waals surface area contributed by atoms with E-state index in [2.05, 4.69) is 9.97 Å². The summed E-state index contributed by atoms with van der Waals surface area (Å²) in [6.07, 6.45) is 1.30. The number of rotatable bonds is 1. The lowest BCUT2D eigenvalue weighted by Crippen LogP contribution is -2.31. The fourth-order valence-corrected chi connectivity index (χ4v) is 2.52. The number of anilines is 2. The molecule has 20 heavy (non-hydrogen) atoms. The van der Waals surface area contributed by atoms with E-state index in [1.54, 1.807) is 18.0 Å². The number of amides is 1. The van der Waals surface area contributed by atoms with Crippen LogP contribution in [0, 0.1) is 6.92 Å². The second kappa shape index (κ2) is 4.59. The maximum Gasteiger partial charge on any atom is 0.227 e. The van der Waals surface area contributed by atoms with Crippen LogP contribution in [0.2, 0.25) is 0 Å². The molecule has 0 fully saturated rings. The first kappa shape index (κ1) is 12.6. The Balaban J connectivity index is 2.07. The molecule has 2 heterocycles. The number of fused-ring (bicyclic) bond motifs is 1. The molecule has 2 aromatic rings. The average Bonchev–Trinajstić information content (AvgIpc) is 2.41. The van der Waals surface area contributed by atoms with Crippen molar-refractivity contribution in [2.45, 2.75) is 19.8 Å². The zero-order valence-electron chi connectivity index (χ0n) is 11.6. The van der Waals surface area contributed by atoms with Gasteiger partial charge in [-0.1, -0.05) is 0 Å². The van der Waals surface area contributed by atoms with Crippen LogP contribution in [0.1, 0.15) is 17.7 Å². The van der Waals surface area contributed by atoms with Gasteiger partial charge in [-0.3, -0.25) is 4.79 Å². The summed E-state index contributed by atoms with van der Waals surface area (Å²) >= 11 is 0. The van der Waals surface area contributed by atoms with Gasteiger partial charge in [0.15, 0.2) is 5.82 Å². The van der Waals surface area contributed by atoms with Crippen molar-refractivity contribution in [3.8, 4) is 11.4 Å². The highest BCUT2D eigenvalue weighted by Gasteiger charge is 2.21. The van der Waals surface area contributed by atoms with E-state index in [9.17, 15) is 4.79 Å². The van der Waals surface area contributed by atoms with E-state index < -0.39 is 0 Å². The first-order chi connectivity index (χ1) is 9.54. The van der Waals surface area contributed by atoms with Gasteiger partial charge in [0.05, 0.1) is 0 Å². The lowest BCUT2D eigenvalue weighted by molar-refractivity contribution is -0.118. The Labute approximate surface area is 117 Å². The highest BCUT2D eigenvalue weighted by atomic mass is 16.2. The van der Waals surface area contributed by atoms with E-state index >= 15 is 0 Å². The summed E-state index contributed by atoms with van der Waals surface area (Å²) < 4.78 is 0. The van der Waals surface area contributed by atoms with Gasteiger partial charge in [0.1, 0.15) is 5.82 Å². The zero-order valence-corrected chi connectivity index (χ0v) is 11.6. The van der Waals surface area contributed by atoms with Crippen molar-refractivity contribution in [3.05, 3.63) is 35.5 Å². The summed E-state index contributed by atoms with van der Waals surface area (Å²) in [5.41, 5.74) is 9.66. The topological polar surface area (TPSA) is 72.1 Å². The van der Waals surface area contributed by atoms with Gasteiger partial charge in [-0.15, -0.1) is 0 Å². The molecule has 1 aromatic carbocycles. The Morgan fingerprint density at radius 1 is 1.20 bits per heavy atom. The van der Waals surface area contributed by atoms with Crippen LogP contribution >= 0.6 is 0 Å². The third-order valence-electron chi connectivity index (χ3n) is 3.56. The van der Waals surface area contributed by atoms with Crippen LogP contribution in [0.15, 0.2) is 24.3 Å². The number of carbonyl (C=O) groups excluding carboxylic acids is 1. The Morgan fingerprint density at radius 3 is 2.75 bits per heavy atom. The van der Waals surface area contributed by atoms with Gasteiger partial charge in [-0.2, -0.15) is 0 Å². The molecule has 2 N–H and O–H groups in total. The summed E-state index contributed by atoms with van der Waals surface area (Å²) in [6, 6.07) is 7.67. The van der Waals surface area contributed by atoms with Gasteiger partial charge < -0.3 is 10.6 Å². The normalized spacial score (nSPS) is 14.3. The summed E-state index contributed by atoms with van der Waals surface area (Å²) in [5.74, 6) is 1.25. The van der Waals surface area contributed by atoms with E-state index in [1.807, 2.05) is 25.1 Å². The molecule has 0 bridgehead atoms. The molecule has 0 atom stereocenters. The minimum Gasteiger partial charge on any atom is -0.384 e. The molecular weight excluding hydrogens is 252 g/mol. The minimum atomic E-state index is 0.154. The number of aromatic nitrogens is 2. The first-order valence-corrected chi connectivity index (χ1v) is 6.55. The van der Waals surface area contributed by atoms with Gasteiger partial charge in [0.2, 0.25) is 5.91 Å². The van der Waals surface area contributed by atoms with Crippen molar-refractivity contribution in [2.75, 3.05) is 17.7 Å². The molecule has 1 aromatic heterocycles. The van der Waals surface area contributed by atoms with Crippen molar-refractivity contribution in [2.24, 2.45) is 0 Å². The van der Waals surface area contributed by atoms with Crippen molar-refractivity contribution in [1.29, 1.82) is 0 Å². The molecule has 0 saturated heterocycles. The van der Waals surface area contributed by atoms with E-state index in [0.29, 0.717) is 18.1 Å². The number of nitrogen functional groups attached to an aromatic ring is 1. The molecule has 0 spiro atoms. The Morgan fingerprint density at radius 2 is 2.00 bits per heavy atom. The fourth-order valence-electron chi connectivity index (χ4n) is 2.52. The highest BCUT2D eigenvalue weighted by molar-refractivity contribution is 5.96. The second-order valence-corrected chi connectivity index (χ2v) is 5.05. The molecule has 5 heteroatoms. The number of carbonyl (C=O) groups is 1. The van der Waals surface area contributed by atoms with Crippen molar-refractivity contribution in [1.82, 2.24) is 9.97 Å². The molecular formula is C15H16N4O. The van der Waals surface area contributed by atoms with Gasteiger partial charge in [-0.05, 0) is 37.1 Å². The monoisotopic (exact) mass is 268 g/mol. The number of aryl methyl sites for hydroxylation is 2. The van der Waals surface area contributed by atoms with Gasteiger partial charge >= 0.3 is 0 Å². The molecule has 0 saturated carbocycles. The SMILES string of the molecule is Cc1cc(N)nc(-c2ccc3c(c2)CCC(=O)N3C)n1. The quantitative estimate of drug-likeness (QED) is 0.858. The van der Waals surface area contributed by atoms with Crippen LogP contribution in [-0.2, 0) is 11.2 Å². The van der Waals surface area contributed by atoms with Crippen LogP contribution in [-0.4, -0.2) is 22.9 Å². The van der Waals surface area contributed by atoms with Crippen molar-refractivity contribution >= 4 is 17.4 Å². The summed E-state index contributed by atoms with van der Waals surface area (Å²) in [4.78, 5) is 22.1. The van der Waals surface area contributed by atoms with Crippen LogP contribution in [0.25, 0.3) is 11.4 Å². The van der Waals surface area contributed by atoms with E-state index in [0.717, 1.165) is 28.9 Å². The van der Waals surface area contributed by atoms with Crippen LogP contribution in [0.5, 0.6) is 0 Å². The first-order valence-electron chi connectivity index (χ1n) is 6.55. The minimum absolute atomic E-state index is 0.154. The second-order valence-electron chi connectivity index (χ2n) is 5.05. The van der Waals surface area contributed by atoms with Crippen LogP contribution < -0.4 is 10.6 Å². The Kier molecular flexibility index (Phi) is 2.89. The van der Waals surface area contributed by atoms with Crippen LogP contribution in [0.4, 0.5) is 11.5 Å². The zero-order chi connectivity index (χ0) is 14.3. The van der Waals surface area contributed by atoms with Gasteiger partial charge in [0, 0.05) is 36.5 Å². The van der Waals surface area contributed by atoms with E-state index in [-0.39, 0.29) is 5.91 Å². The van der Waals surface area contributed by atoms with E-state index in [4.69, 9.17) is 5.73 Å². The molecule has 1 amide bonds.